The first-order valence-electron chi connectivity index (χ1n) is 9.43. The lowest BCUT2D eigenvalue weighted by Gasteiger charge is -2.06. The Balaban J connectivity index is 1.94. The fourth-order valence-electron chi connectivity index (χ4n) is 3.05. The number of aromatic nitrogens is 6. The zero-order valence-electron chi connectivity index (χ0n) is 17.0. The summed E-state index contributed by atoms with van der Waals surface area (Å²) in [5.41, 5.74) is -0.748. The third-order valence-corrected chi connectivity index (χ3v) is 6.91. The lowest BCUT2D eigenvalue weighted by atomic mass is 10.2. The molecule has 0 bridgehead atoms. The second kappa shape index (κ2) is 8.24. The van der Waals surface area contributed by atoms with Crippen LogP contribution in [0.4, 0.5) is 19.0 Å². The fraction of sp³-hybridized carbons (Fsp3) is 0.333. The molecule has 0 aliphatic heterocycles. The van der Waals surface area contributed by atoms with Crippen molar-refractivity contribution in [3.63, 3.8) is 0 Å². The molecule has 4 heterocycles. The largest absolute Gasteiger partial charge is 0.416 e. The van der Waals surface area contributed by atoms with Gasteiger partial charge in [-0.05, 0) is 24.5 Å². The number of anilines is 1. The minimum atomic E-state index is -4.55. The summed E-state index contributed by atoms with van der Waals surface area (Å²) in [6.45, 7) is 2.08. The molecule has 14 heteroatoms. The highest BCUT2D eigenvalue weighted by Crippen LogP contribution is 2.33. The molecule has 0 aliphatic carbocycles. The average molecular weight is 486 g/mol. The molecule has 4 rings (SSSR count). The molecule has 0 aliphatic rings. The Labute approximate surface area is 185 Å². The van der Waals surface area contributed by atoms with Gasteiger partial charge in [0.15, 0.2) is 32.0 Å². The number of hydrogen-bond donors (Lipinski definition) is 1. The molecule has 9 nitrogen and oxygen atoms in total. The second-order valence-electron chi connectivity index (χ2n) is 6.72. The van der Waals surface area contributed by atoms with Crippen LogP contribution >= 0.6 is 11.8 Å². The summed E-state index contributed by atoms with van der Waals surface area (Å²) < 4.78 is 67.3. The van der Waals surface area contributed by atoms with E-state index in [2.05, 4.69) is 25.5 Å². The van der Waals surface area contributed by atoms with E-state index >= 15 is 0 Å². The number of nitrogens with zero attached hydrogens (tertiary/aromatic N) is 6. The van der Waals surface area contributed by atoms with Crippen molar-refractivity contribution in [3.8, 4) is 11.4 Å². The molecule has 0 saturated heterocycles. The van der Waals surface area contributed by atoms with Crippen LogP contribution in [-0.4, -0.2) is 61.9 Å². The SMILES string of the molecule is CCS(=O)(=O)c1nn2c(NCCSC)ccnc2c1-c1nc2cc(C(F)(F)F)ccn2n1. The van der Waals surface area contributed by atoms with Crippen LogP contribution in [0.3, 0.4) is 0 Å². The Morgan fingerprint density at radius 3 is 2.69 bits per heavy atom. The molecular weight excluding hydrogens is 467 g/mol. The number of thioether (sulfide) groups is 1. The van der Waals surface area contributed by atoms with Crippen molar-refractivity contribution in [2.75, 3.05) is 29.6 Å². The summed E-state index contributed by atoms with van der Waals surface area (Å²) >= 11 is 1.64. The maximum Gasteiger partial charge on any atom is 0.416 e. The summed E-state index contributed by atoms with van der Waals surface area (Å²) in [4.78, 5) is 8.43. The zero-order chi connectivity index (χ0) is 23.1. The van der Waals surface area contributed by atoms with E-state index in [-0.39, 0.29) is 33.5 Å². The molecule has 4 aromatic heterocycles. The van der Waals surface area contributed by atoms with Crippen LogP contribution in [0.5, 0.6) is 0 Å². The van der Waals surface area contributed by atoms with Crippen LogP contribution in [0.15, 0.2) is 35.6 Å². The van der Waals surface area contributed by atoms with Crippen molar-refractivity contribution in [2.45, 2.75) is 18.1 Å². The molecule has 0 atom stereocenters. The van der Waals surface area contributed by atoms with Crippen LogP contribution < -0.4 is 5.32 Å². The lowest BCUT2D eigenvalue weighted by Crippen LogP contribution is -2.09. The summed E-state index contributed by atoms with van der Waals surface area (Å²) in [5, 5.41) is 11.4. The summed E-state index contributed by atoms with van der Waals surface area (Å²) in [5.74, 6) is 1.02. The van der Waals surface area contributed by atoms with Crippen molar-refractivity contribution in [3.05, 3.63) is 36.2 Å². The lowest BCUT2D eigenvalue weighted by molar-refractivity contribution is -0.137. The van der Waals surface area contributed by atoms with Gasteiger partial charge < -0.3 is 5.32 Å². The highest BCUT2D eigenvalue weighted by atomic mass is 32.2. The fourth-order valence-corrected chi connectivity index (χ4v) is 4.33. The van der Waals surface area contributed by atoms with Crippen LogP contribution in [-0.2, 0) is 16.0 Å². The molecule has 0 amide bonds. The summed E-state index contributed by atoms with van der Waals surface area (Å²) in [7, 11) is -3.82. The number of sulfone groups is 1. The van der Waals surface area contributed by atoms with Gasteiger partial charge in [0.05, 0.1) is 11.3 Å². The third-order valence-electron chi connectivity index (χ3n) is 4.66. The van der Waals surface area contributed by atoms with Crippen LogP contribution in [0.1, 0.15) is 12.5 Å². The first-order chi connectivity index (χ1) is 15.2. The molecule has 4 aromatic rings. The van der Waals surface area contributed by atoms with Gasteiger partial charge in [-0.25, -0.2) is 22.9 Å². The van der Waals surface area contributed by atoms with Crippen molar-refractivity contribution < 1.29 is 21.6 Å². The van der Waals surface area contributed by atoms with Gasteiger partial charge >= 0.3 is 6.18 Å². The Morgan fingerprint density at radius 2 is 2.00 bits per heavy atom. The molecule has 0 radical (unpaired) electrons. The predicted octanol–water partition coefficient (Wildman–Crippen LogP) is 3.03. The van der Waals surface area contributed by atoms with Crippen LogP contribution in [0.2, 0.25) is 0 Å². The molecule has 0 saturated carbocycles. The van der Waals surface area contributed by atoms with Crippen LogP contribution in [0.25, 0.3) is 22.7 Å². The van der Waals surface area contributed by atoms with Crippen molar-refractivity contribution in [1.82, 2.24) is 29.2 Å². The standard InChI is InChI=1S/C18H18F3N7O2S2/c1-3-32(29,30)17-14(16-23-6-4-12(28(16)26-17)22-7-9-31-2)15-24-13-10-11(18(19,20)21)5-8-27(13)25-15/h4-6,8,10,22H,3,7,9H2,1-2H3. The maximum absolute atomic E-state index is 13.1. The number of fused-ring (bicyclic) bond motifs is 2. The van der Waals surface area contributed by atoms with E-state index in [4.69, 9.17) is 0 Å². The number of rotatable bonds is 7. The van der Waals surface area contributed by atoms with Gasteiger partial charge in [-0.1, -0.05) is 6.92 Å². The highest BCUT2D eigenvalue weighted by Gasteiger charge is 2.32. The van der Waals surface area contributed by atoms with E-state index in [0.29, 0.717) is 12.4 Å². The van der Waals surface area contributed by atoms with E-state index in [1.54, 1.807) is 17.8 Å². The van der Waals surface area contributed by atoms with Crippen LogP contribution in [0, 0.1) is 0 Å². The number of halogens is 3. The second-order valence-corrected chi connectivity index (χ2v) is 9.90. The smallest absolute Gasteiger partial charge is 0.369 e. The molecule has 0 spiro atoms. The maximum atomic E-state index is 13.1. The number of nitrogens with one attached hydrogen (secondary N) is 1. The highest BCUT2D eigenvalue weighted by molar-refractivity contribution is 7.98. The first-order valence-corrected chi connectivity index (χ1v) is 12.5. The molecule has 170 valence electrons. The minimum absolute atomic E-state index is 0.0395. The van der Waals surface area contributed by atoms with Gasteiger partial charge in [-0.2, -0.15) is 34.5 Å². The molecule has 1 N–H and O–H groups in total. The van der Waals surface area contributed by atoms with Gasteiger partial charge in [0.1, 0.15) is 11.4 Å². The van der Waals surface area contributed by atoms with Crippen molar-refractivity contribution in [2.24, 2.45) is 0 Å². The van der Waals surface area contributed by atoms with Gasteiger partial charge in [0.2, 0.25) is 0 Å². The predicted molar refractivity (Wildman–Crippen MR) is 115 cm³/mol. The van der Waals surface area contributed by atoms with E-state index in [1.807, 2.05) is 6.26 Å². The summed E-state index contributed by atoms with van der Waals surface area (Å²) in [6, 6.07) is 3.37. The molecule has 0 aromatic carbocycles. The Kier molecular flexibility index (Phi) is 5.75. The minimum Gasteiger partial charge on any atom is -0.369 e. The van der Waals surface area contributed by atoms with Gasteiger partial charge in [0.25, 0.3) is 0 Å². The quantitative estimate of drug-likeness (QED) is 0.398. The number of pyridine rings is 1. The molecule has 0 unspecified atom stereocenters. The third kappa shape index (κ3) is 3.99. The van der Waals surface area contributed by atoms with E-state index in [0.717, 1.165) is 28.6 Å². The number of hydrogen-bond acceptors (Lipinski definition) is 8. The topological polar surface area (TPSA) is 107 Å². The van der Waals surface area contributed by atoms with Crippen molar-refractivity contribution >= 4 is 38.7 Å². The molecular formula is C18H18F3N7O2S2. The normalized spacial score (nSPS) is 12.7. The van der Waals surface area contributed by atoms with E-state index < -0.39 is 21.6 Å². The summed E-state index contributed by atoms with van der Waals surface area (Å²) in [6.07, 6.45) is 0.0218. The Morgan fingerprint density at radius 1 is 1.22 bits per heavy atom. The van der Waals surface area contributed by atoms with Gasteiger partial charge in [0, 0.05) is 24.7 Å². The van der Waals surface area contributed by atoms with E-state index in [1.165, 1.54) is 17.6 Å². The molecule has 32 heavy (non-hydrogen) atoms. The average Bonchev–Trinajstić information content (AvgIpc) is 3.34. The van der Waals surface area contributed by atoms with E-state index in [9.17, 15) is 21.6 Å². The van der Waals surface area contributed by atoms with Gasteiger partial charge in [-0.3, -0.25) is 0 Å². The van der Waals surface area contributed by atoms with Crippen molar-refractivity contribution in [1.29, 1.82) is 0 Å². The Hall–Kier alpha value is -2.87. The molecule has 0 fully saturated rings. The Bertz CT molecular complexity index is 1400. The van der Waals surface area contributed by atoms with Gasteiger partial charge in [-0.15, -0.1) is 5.10 Å². The first kappa shape index (κ1) is 22.3. The number of alkyl halides is 3. The zero-order valence-corrected chi connectivity index (χ0v) is 18.6. The monoisotopic (exact) mass is 485 g/mol.